The van der Waals surface area contributed by atoms with Gasteiger partial charge in [-0.2, -0.15) is 0 Å². The van der Waals surface area contributed by atoms with Crippen LogP contribution in [0.4, 0.5) is 0 Å². The third-order valence-corrected chi connectivity index (χ3v) is 6.12. The number of piperazine rings is 1. The number of hydrogen-bond donors (Lipinski definition) is 0. The van der Waals surface area contributed by atoms with Gasteiger partial charge in [0.25, 0.3) is 5.91 Å². The Morgan fingerprint density at radius 1 is 0.909 bits per heavy atom. The van der Waals surface area contributed by atoms with Crippen LogP contribution >= 0.6 is 11.6 Å². The second-order valence-corrected chi connectivity index (χ2v) is 8.35. The number of aromatic nitrogens is 4. The molecule has 8 heteroatoms. The largest absolute Gasteiger partial charge is 0.335 e. The molecule has 1 amide bonds. The molecule has 2 aromatic carbocycles. The lowest BCUT2D eigenvalue weighted by molar-refractivity contribution is 0.0623. The summed E-state index contributed by atoms with van der Waals surface area (Å²) < 4.78 is 1.62. The minimum atomic E-state index is -0.133. The maximum absolute atomic E-state index is 13.5. The van der Waals surface area contributed by atoms with Crippen LogP contribution in [0.25, 0.3) is 16.9 Å². The minimum Gasteiger partial charge on any atom is -0.335 e. The van der Waals surface area contributed by atoms with Crippen LogP contribution in [0, 0.1) is 0 Å². The first-order valence-electron chi connectivity index (χ1n) is 10.9. The van der Waals surface area contributed by atoms with Crippen LogP contribution in [0.3, 0.4) is 0 Å². The lowest BCUT2D eigenvalue weighted by atomic mass is 10.1. The average Bonchev–Trinajstić information content (AvgIpc) is 3.30. The van der Waals surface area contributed by atoms with Crippen molar-refractivity contribution in [3.63, 3.8) is 0 Å². The van der Waals surface area contributed by atoms with Gasteiger partial charge in [-0.05, 0) is 29.8 Å². The highest BCUT2D eigenvalue weighted by Crippen LogP contribution is 2.29. The van der Waals surface area contributed by atoms with Gasteiger partial charge in [0.1, 0.15) is 5.69 Å². The third-order valence-electron chi connectivity index (χ3n) is 5.80. The van der Waals surface area contributed by atoms with E-state index in [-0.39, 0.29) is 5.91 Å². The van der Waals surface area contributed by atoms with E-state index in [0.29, 0.717) is 35.2 Å². The highest BCUT2D eigenvalue weighted by Gasteiger charge is 2.29. The fraction of sp³-hybridized carbons (Fsp3) is 0.200. The number of benzene rings is 2. The van der Waals surface area contributed by atoms with Crippen LogP contribution in [0.5, 0.6) is 0 Å². The normalized spacial score (nSPS) is 14.4. The van der Waals surface area contributed by atoms with E-state index < -0.39 is 0 Å². The summed E-state index contributed by atoms with van der Waals surface area (Å²) in [5.41, 5.74) is 3.59. The van der Waals surface area contributed by atoms with Crippen LogP contribution in [-0.2, 0) is 6.54 Å². The zero-order valence-corrected chi connectivity index (χ0v) is 18.8. The standard InChI is InChI=1S/C25H23ClN6O/c26-21-10-4-5-11-22(21)32-24(20-9-6-12-27-17-20)23(28-29-32)25(33)31-15-13-30(14-16-31)18-19-7-2-1-3-8-19/h1-12,17H,13-16,18H2. The van der Waals surface area contributed by atoms with Gasteiger partial charge >= 0.3 is 0 Å². The van der Waals surface area contributed by atoms with Gasteiger partial charge < -0.3 is 4.90 Å². The van der Waals surface area contributed by atoms with Crippen molar-refractivity contribution in [2.24, 2.45) is 0 Å². The first-order chi connectivity index (χ1) is 16.2. The van der Waals surface area contributed by atoms with Gasteiger partial charge in [0.05, 0.1) is 10.7 Å². The smallest absolute Gasteiger partial charge is 0.276 e. The Morgan fingerprint density at radius 2 is 1.67 bits per heavy atom. The van der Waals surface area contributed by atoms with Crippen LogP contribution < -0.4 is 0 Å². The van der Waals surface area contributed by atoms with Crippen molar-refractivity contribution in [1.82, 2.24) is 29.8 Å². The molecule has 1 saturated heterocycles. The average molecular weight is 459 g/mol. The van der Waals surface area contributed by atoms with Gasteiger partial charge in [0.2, 0.25) is 0 Å². The molecule has 1 aliphatic rings. The topological polar surface area (TPSA) is 67.2 Å². The summed E-state index contributed by atoms with van der Waals surface area (Å²) in [5, 5.41) is 9.13. The summed E-state index contributed by atoms with van der Waals surface area (Å²) in [4.78, 5) is 22.0. The summed E-state index contributed by atoms with van der Waals surface area (Å²) in [7, 11) is 0. The molecule has 0 radical (unpaired) electrons. The highest BCUT2D eigenvalue weighted by molar-refractivity contribution is 6.32. The molecule has 7 nitrogen and oxygen atoms in total. The molecule has 33 heavy (non-hydrogen) atoms. The quantitative estimate of drug-likeness (QED) is 0.453. The van der Waals surface area contributed by atoms with Crippen molar-refractivity contribution in [2.45, 2.75) is 6.54 Å². The van der Waals surface area contributed by atoms with Gasteiger partial charge in [-0.1, -0.05) is 59.3 Å². The molecular formula is C25H23ClN6O. The number of amides is 1. The minimum absolute atomic E-state index is 0.133. The molecule has 0 spiro atoms. The summed E-state index contributed by atoms with van der Waals surface area (Å²) >= 11 is 6.43. The molecule has 2 aromatic heterocycles. The van der Waals surface area contributed by atoms with E-state index in [1.807, 2.05) is 41.3 Å². The Balaban J connectivity index is 1.40. The van der Waals surface area contributed by atoms with Gasteiger partial charge in [-0.15, -0.1) is 5.10 Å². The number of rotatable bonds is 5. The highest BCUT2D eigenvalue weighted by atomic mass is 35.5. The fourth-order valence-corrected chi connectivity index (χ4v) is 4.30. The molecule has 0 atom stereocenters. The fourth-order valence-electron chi connectivity index (χ4n) is 4.08. The Hall–Kier alpha value is -3.55. The zero-order chi connectivity index (χ0) is 22.6. The molecule has 0 N–H and O–H groups in total. The number of nitrogens with zero attached hydrogens (tertiary/aromatic N) is 6. The molecule has 0 aliphatic carbocycles. The van der Waals surface area contributed by atoms with E-state index >= 15 is 0 Å². The van der Waals surface area contributed by atoms with Crippen molar-refractivity contribution < 1.29 is 4.79 Å². The predicted molar refractivity (Wildman–Crippen MR) is 127 cm³/mol. The van der Waals surface area contributed by atoms with E-state index in [1.165, 1.54) is 5.56 Å². The molecule has 0 unspecified atom stereocenters. The maximum atomic E-state index is 13.5. The van der Waals surface area contributed by atoms with Crippen molar-refractivity contribution in [1.29, 1.82) is 0 Å². The molecule has 4 aromatic rings. The lowest BCUT2D eigenvalue weighted by Gasteiger charge is -2.34. The van der Waals surface area contributed by atoms with Crippen molar-refractivity contribution in [3.05, 3.63) is 95.4 Å². The first-order valence-corrected chi connectivity index (χ1v) is 11.2. The summed E-state index contributed by atoms with van der Waals surface area (Å²) in [5.74, 6) is -0.133. The molecule has 1 fully saturated rings. The van der Waals surface area contributed by atoms with Crippen molar-refractivity contribution in [2.75, 3.05) is 26.2 Å². The molecule has 0 bridgehead atoms. The summed E-state index contributed by atoms with van der Waals surface area (Å²) in [6.45, 7) is 3.77. The van der Waals surface area contributed by atoms with Crippen LogP contribution in [0.1, 0.15) is 16.1 Å². The van der Waals surface area contributed by atoms with Crippen LogP contribution in [0.2, 0.25) is 5.02 Å². The second kappa shape index (κ2) is 9.52. The summed E-state index contributed by atoms with van der Waals surface area (Å²) in [6.07, 6.45) is 3.40. The number of pyridine rings is 1. The van der Waals surface area contributed by atoms with Crippen molar-refractivity contribution >= 4 is 17.5 Å². The van der Waals surface area contributed by atoms with E-state index in [1.54, 1.807) is 23.1 Å². The van der Waals surface area contributed by atoms with Crippen molar-refractivity contribution in [3.8, 4) is 16.9 Å². The Morgan fingerprint density at radius 3 is 2.39 bits per heavy atom. The SMILES string of the molecule is O=C(c1nnn(-c2ccccc2Cl)c1-c1cccnc1)N1CCN(Cc2ccccc2)CC1. The van der Waals surface area contributed by atoms with Gasteiger partial charge in [0.15, 0.2) is 5.69 Å². The van der Waals surface area contributed by atoms with E-state index in [2.05, 4.69) is 44.5 Å². The van der Waals surface area contributed by atoms with E-state index in [9.17, 15) is 4.79 Å². The van der Waals surface area contributed by atoms with Gasteiger partial charge in [-0.25, -0.2) is 4.68 Å². The van der Waals surface area contributed by atoms with Crippen LogP contribution in [0.15, 0.2) is 79.1 Å². The molecule has 5 rings (SSSR count). The Kier molecular flexibility index (Phi) is 6.15. The molecule has 3 heterocycles. The van der Waals surface area contributed by atoms with E-state index in [4.69, 9.17) is 11.6 Å². The Bertz CT molecular complexity index is 1240. The van der Waals surface area contributed by atoms with Gasteiger partial charge in [0, 0.05) is 50.7 Å². The number of para-hydroxylation sites is 1. The zero-order valence-electron chi connectivity index (χ0n) is 18.0. The molecule has 166 valence electrons. The lowest BCUT2D eigenvalue weighted by Crippen LogP contribution is -2.48. The summed E-state index contributed by atoms with van der Waals surface area (Å²) in [6, 6.07) is 21.5. The molecule has 1 aliphatic heterocycles. The number of halogens is 1. The Labute approximate surface area is 197 Å². The molecule has 0 saturated carbocycles. The third kappa shape index (κ3) is 4.51. The maximum Gasteiger partial charge on any atom is 0.276 e. The number of hydrogen-bond acceptors (Lipinski definition) is 5. The number of carbonyl (C=O) groups is 1. The monoisotopic (exact) mass is 458 g/mol. The molecular weight excluding hydrogens is 436 g/mol. The first kappa shape index (κ1) is 21.3. The van der Waals surface area contributed by atoms with Crippen LogP contribution in [-0.4, -0.2) is 61.9 Å². The number of carbonyl (C=O) groups excluding carboxylic acids is 1. The predicted octanol–water partition coefficient (Wildman–Crippen LogP) is 3.94. The second-order valence-electron chi connectivity index (χ2n) is 7.95. The van der Waals surface area contributed by atoms with Gasteiger partial charge in [-0.3, -0.25) is 14.7 Å². The van der Waals surface area contributed by atoms with E-state index in [0.717, 1.165) is 25.2 Å².